The molecule has 23 heavy (non-hydrogen) atoms. The maximum absolute atomic E-state index is 12.5. The maximum atomic E-state index is 12.5. The molecule has 1 aromatic carbocycles. The zero-order chi connectivity index (χ0) is 16.2. The number of nitrogens with one attached hydrogen (secondary N) is 1. The number of aromatic nitrogens is 5. The number of nitrogens with zero attached hydrogens (tertiary/aromatic N) is 6. The Balaban J connectivity index is 1.83. The van der Waals surface area contributed by atoms with Crippen LogP contribution in [-0.2, 0) is 6.54 Å². The Labute approximate surface area is 133 Å². The molecule has 118 valence electrons. The van der Waals surface area contributed by atoms with Gasteiger partial charge in [0.25, 0.3) is 5.91 Å². The molecule has 0 saturated carbocycles. The fourth-order valence-electron chi connectivity index (χ4n) is 2.24. The first-order valence-corrected chi connectivity index (χ1v) is 7.21. The summed E-state index contributed by atoms with van der Waals surface area (Å²) in [6.45, 7) is 0.958. The molecule has 0 saturated heterocycles. The van der Waals surface area contributed by atoms with Crippen LogP contribution in [0.5, 0.6) is 0 Å². The Morgan fingerprint density at radius 1 is 1.30 bits per heavy atom. The van der Waals surface area contributed by atoms with Crippen molar-refractivity contribution in [2.75, 3.05) is 25.5 Å². The summed E-state index contributed by atoms with van der Waals surface area (Å²) >= 11 is 0. The average Bonchev–Trinajstić information content (AvgIpc) is 3.07. The molecule has 2 aromatic heterocycles. The SMILES string of the molecule is CN(C)c1cc(C(=O)NCCn2cnnn2)c2ccccc2n1. The second kappa shape index (κ2) is 6.39. The van der Waals surface area contributed by atoms with E-state index in [4.69, 9.17) is 0 Å². The minimum Gasteiger partial charge on any atom is -0.363 e. The van der Waals surface area contributed by atoms with Crippen molar-refractivity contribution in [3.05, 3.63) is 42.2 Å². The molecule has 2 heterocycles. The minimum atomic E-state index is -0.139. The molecule has 0 atom stereocenters. The van der Waals surface area contributed by atoms with Crippen LogP contribution in [0, 0.1) is 0 Å². The van der Waals surface area contributed by atoms with E-state index < -0.39 is 0 Å². The van der Waals surface area contributed by atoms with Crippen LogP contribution < -0.4 is 10.2 Å². The molecule has 3 aromatic rings. The van der Waals surface area contributed by atoms with Crippen molar-refractivity contribution >= 4 is 22.6 Å². The Hall–Kier alpha value is -3.03. The third-order valence-corrected chi connectivity index (χ3v) is 3.42. The molecule has 8 nitrogen and oxygen atoms in total. The Kier molecular flexibility index (Phi) is 4.13. The normalized spacial score (nSPS) is 10.7. The summed E-state index contributed by atoms with van der Waals surface area (Å²) in [6, 6.07) is 9.41. The summed E-state index contributed by atoms with van der Waals surface area (Å²) in [7, 11) is 3.80. The molecule has 0 aliphatic rings. The van der Waals surface area contributed by atoms with Crippen LogP contribution in [0.1, 0.15) is 10.4 Å². The molecule has 0 fully saturated rings. The molecule has 0 unspecified atom stereocenters. The van der Waals surface area contributed by atoms with Crippen molar-refractivity contribution in [2.45, 2.75) is 6.54 Å². The molecule has 0 aliphatic heterocycles. The van der Waals surface area contributed by atoms with Gasteiger partial charge in [0.15, 0.2) is 0 Å². The molecule has 0 spiro atoms. The molecular weight excluding hydrogens is 294 g/mol. The van der Waals surface area contributed by atoms with E-state index in [2.05, 4.69) is 25.8 Å². The fourth-order valence-corrected chi connectivity index (χ4v) is 2.24. The third-order valence-electron chi connectivity index (χ3n) is 3.42. The summed E-state index contributed by atoms with van der Waals surface area (Å²) in [5.41, 5.74) is 1.40. The number of carbonyl (C=O) groups excluding carboxylic acids is 1. The zero-order valence-electron chi connectivity index (χ0n) is 13.0. The van der Waals surface area contributed by atoms with Crippen LogP contribution in [0.3, 0.4) is 0 Å². The number of hydrogen-bond acceptors (Lipinski definition) is 6. The van der Waals surface area contributed by atoms with E-state index >= 15 is 0 Å². The van der Waals surface area contributed by atoms with Gasteiger partial charge in [0.05, 0.1) is 17.6 Å². The predicted molar refractivity (Wildman–Crippen MR) is 86.2 cm³/mol. The fraction of sp³-hybridized carbons (Fsp3) is 0.267. The van der Waals surface area contributed by atoms with E-state index in [0.29, 0.717) is 18.7 Å². The maximum Gasteiger partial charge on any atom is 0.252 e. The van der Waals surface area contributed by atoms with E-state index in [1.54, 1.807) is 10.7 Å². The van der Waals surface area contributed by atoms with Gasteiger partial charge in [-0.3, -0.25) is 4.79 Å². The number of pyridine rings is 1. The van der Waals surface area contributed by atoms with Crippen molar-refractivity contribution in [3.63, 3.8) is 0 Å². The van der Waals surface area contributed by atoms with Crippen molar-refractivity contribution in [2.24, 2.45) is 0 Å². The van der Waals surface area contributed by atoms with Gasteiger partial charge in [-0.2, -0.15) is 0 Å². The number of anilines is 1. The monoisotopic (exact) mass is 311 g/mol. The lowest BCUT2D eigenvalue weighted by Crippen LogP contribution is -2.28. The summed E-state index contributed by atoms with van der Waals surface area (Å²) in [6.07, 6.45) is 1.51. The van der Waals surface area contributed by atoms with Crippen LogP contribution >= 0.6 is 0 Å². The van der Waals surface area contributed by atoms with E-state index in [9.17, 15) is 4.79 Å². The van der Waals surface area contributed by atoms with Crippen molar-refractivity contribution in [1.29, 1.82) is 0 Å². The third kappa shape index (κ3) is 3.25. The number of para-hydroxylation sites is 1. The van der Waals surface area contributed by atoms with Crippen molar-refractivity contribution < 1.29 is 4.79 Å². The summed E-state index contributed by atoms with van der Waals surface area (Å²) < 4.78 is 1.57. The van der Waals surface area contributed by atoms with Crippen LogP contribution in [0.25, 0.3) is 10.9 Å². The van der Waals surface area contributed by atoms with Gasteiger partial charge in [-0.05, 0) is 22.6 Å². The lowest BCUT2D eigenvalue weighted by Gasteiger charge is -2.15. The molecule has 8 heteroatoms. The van der Waals surface area contributed by atoms with Gasteiger partial charge < -0.3 is 10.2 Å². The highest BCUT2D eigenvalue weighted by molar-refractivity contribution is 6.07. The first kappa shape index (κ1) is 14.9. The number of hydrogen-bond donors (Lipinski definition) is 1. The van der Waals surface area contributed by atoms with Crippen LogP contribution in [-0.4, -0.2) is 51.7 Å². The van der Waals surface area contributed by atoms with Gasteiger partial charge in [-0.25, -0.2) is 9.67 Å². The van der Waals surface area contributed by atoms with Crippen LogP contribution in [0.15, 0.2) is 36.7 Å². The first-order valence-electron chi connectivity index (χ1n) is 7.21. The summed E-state index contributed by atoms with van der Waals surface area (Å²) in [5, 5.41) is 14.6. The highest BCUT2D eigenvalue weighted by atomic mass is 16.1. The topological polar surface area (TPSA) is 88.8 Å². The van der Waals surface area contributed by atoms with Gasteiger partial charge in [0, 0.05) is 26.0 Å². The largest absolute Gasteiger partial charge is 0.363 e. The number of rotatable bonds is 5. The van der Waals surface area contributed by atoms with Crippen molar-refractivity contribution in [1.82, 2.24) is 30.5 Å². The minimum absolute atomic E-state index is 0.139. The predicted octanol–water partition coefficient (Wildman–Crippen LogP) is 0.717. The van der Waals surface area contributed by atoms with Gasteiger partial charge in [0.1, 0.15) is 12.1 Å². The molecule has 1 N–H and O–H groups in total. The number of fused-ring (bicyclic) bond motifs is 1. The van der Waals surface area contributed by atoms with E-state index in [-0.39, 0.29) is 5.91 Å². The lowest BCUT2D eigenvalue weighted by molar-refractivity contribution is 0.0953. The lowest BCUT2D eigenvalue weighted by atomic mass is 10.1. The summed E-state index contributed by atoms with van der Waals surface area (Å²) in [5.74, 6) is 0.606. The molecule has 1 amide bonds. The van der Waals surface area contributed by atoms with Crippen LogP contribution in [0.2, 0.25) is 0 Å². The average molecular weight is 311 g/mol. The van der Waals surface area contributed by atoms with Gasteiger partial charge >= 0.3 is 0 Å². The van der Waals surface area contributed by atoms with Crippen molar-refractivity contribution in [3.8, 4) is 0 Å². The molecule has 0 aliphatic carbocycles. The number of benzene rings is 1. The first-order chi connectivity index (χ1) is 11.1. The van der Waals surface area contributed by atoms with E-state index in [0.717, 1.165) is 16.7 Å². The molecule has 0 radical (unpaired) electrons. The number of carbonyl (C=O) groups is 1. The highest BCUT2D eigenvalue weighted by Crippen LogP contribution is 2.21. The Bertz CT molecular complexity index is 814. The number of tetrazole rings is 1. The zero-order valence-corrected chi connectivity index (χ0v) is 13.0. The highest BCUT2D eigenvalue weighted by Gasteiger charge is 2.13. The van der Waals surface area contributed by atoms with E-state index in [1.165, 1.54) is 6.33 Å². The quantitative estimate of drug-likeness (QED) is 0.747. The number of amides is 1. The van der Waals surface area contributed by atoms with Crippen LogP contribution in [0.4, 0.5) is 5.82 Å². The van der Waals surface area contributed by atoms with Gasteiger partial charge in [-0.1, -0.05) is 18.2 Å². The van der Waals surface area contributed by atoms with E-state index in [1.807, 2.05) is 43.3 Å². The second-order valence-corrected chi connectivity index (χ2v) is 5.27. The molecular formula is C15H17N7O. The van der Waals surface area contributed by atoms with Gasteiger partial charge in [-0.15, -0.1) is 5.10 Å². The smallest absolute Gasteiger partial charge is 0.252 e. The standard InChI is InChI=1S/C15H17N7O/c1-21(2)14-9-12(11-5-3-4-6-13(11)18-14)15(23)16-7-8-22-10-17-19-20-22/h3-6,9-10H,7-8H2,1-2H3,(H,16,23). The molecule has 3 rings (SSSR count). The molecule has 0 bridgehead atoms. The Morgan fingerprint density at radius 3 is 2.87 bits per heavy atom. The summed E-state index contributed by atoms with van der Waals surface area (Å²) in [4.78, 5) is 19.0. The van der Waals surface area contributed by atoms with Gasteiger partial charge in [0.2, 0.25) is 0 Å². The Morgan fingerprint density at radius 2 is 2.13 bits per heavy atom. The second-order valence-electron chi connectivity index (χ2n) is 5.27.